The molecule has 3 N–H and O–H groups in total. The minimum absolute atomic E-state index is 0.247. The third-order valence-corrected chi connectivity index (χ3v) is 8.02. The van der Waals surface area contributed by atoms with E-state index in [2.05, 4.69) is 39.9 Å². The van der Waals surface area contributed by atoms with Crippen molar-refractivity contribution in [3.63, 3.8) is 0 Å². The van der Waals surface area contributed by atoms with E-state index in [1.54, 1.807) is 11.6 Å². The first-order valence-electron chi connectivity index (χ1n) is 13.9. The molecule has 0 aliphatic carbocycles. The molecule has 0 saturated carbocycles. The lowest BCUT2D eigenvalue weighted by molar-refractivity contribution is -0.148. The van der Waals surface area contributed by atoms with Crippen molar-refractivity contribution in [3.8, 4) is 5.75 Å². The van der Waals surface area contributed by atoms with Crippen molar-refractivity contribution < 1.29 is 24.2 Å². The number of carbonyl (C=O) groups is 3. The maximum Gasteiger partial charge on any atom is 0.307 e. The Morgan fingerprint density at radius 3 is 2.58 bits per heavy atom. The van der Waals surface area contributed by atoms with Crippen molar-refractivity contribution in [2.45, 2.75) is 64.3 Å². The molecule has 1 aromatic heterocycles. The summed E-state index contributed by atoms with van der Waals surface area (Å²) in [6.45, 7) is 2.57. The summed E-state index contributed by atoms with van der Waals surface area (Å²) in [5.74, 6) is -2.64. The molecule has 212 valence electrons. The molecule has 0 radical (unpaired) electrons. The van der Waals surface area contributed by atoms with Gasteiger partial charge in [0, 0.05) is 18.0 Å². The molecule has 2 amide bonds. The van der Waals surface area contributed by atoms with Crippen molar-refractivity contribution in [1.82, 2.24) is 10.3 Å². The van der Waals surface area contributed by atoms with E-state index in [4.69, 9.17) is 4.74 Å². The first-order chi connectivity index (χ1) is 19.4. The van der Waals surface area contributed by atoms with Crippen LogP contribution in [0.5, 0.6) is 5.75 Å². The van der Waals surface area contributed by atoms with Gasteiger partial charge in [0.2, 0.25) is 11.8 Å². The number of hydrogen-bond acceptors (Lipinski definition) is 6. The Labute approximate surface area is 239 Å². The molecule has 2 aliphatic heterocycles. The molecule has 5 rings (SSSR count). The highest BCUT2D eigenvalue weighted by Gasteiger charge is 2.35. The van der Waals surface area contributed by atoms with Crippen LogP contribution in [0.25, 0.3) is 0 Å². The summed E-state index contributed by atoms with van der Waals surface area (Å²) in [5.41, 5.74) is 3.17. The van der Waals surface area contributed by atoms with Gasteiger partial charge in [-0.05, 0) is 62.3 Å². The average Bonchev–Trinajstić information content (AvgIpc) is 3.45. The standard InChI is InChI=1S/C31H37N3O5S/c1-21-9-11-22(12-10-21)6-5-8-25-26(30(37)38)7-3-2-4-18-39-24-15-13-23(14-16-24)20-27(33-28(25)35)29(36)34-31-32-17-19-40-31/h9-17,19,25-27H,2-8,18,20H2,1H3,(H,33,35)(H,37,38)(H,32,34,36)/t25?,26-,27-/m0/s1. The molecule has 0 spiro atoms. The average molecular weight is 564 g/mol. The van der Waals surface area contributed by atoms with E-state index in [0.29, 0.717) is 37.4 Å². The second-order valence-corrected chi connectivity index (χ2v) is 11.3. The minimum Gasteiger partial charge on any atom is -0.494 e. The second kappa shape index (κ2) is 14.6. The van der Waals surface area contributed by atoms with Crippen LogP contribution >= 0.6 is 11.3 Å². The van der Waals surface area contributed by atoms with Crippen LogP contribution in [0.15, 0.2) is 60.1 Å². The molecule has 2 bridgehead atoms. The number of aryl methyl sites for hydroxylation is 2. The van der Waals surface area contributed by atoms with Crippen molar-refractivity contribution >= 4 is 34.3 Å². The van der Waals surface area contributed by atoms with Crippen LogP contribution in [0.2, 0.25) is 0 Å². The Morgan fingerprint density at radius 1 is 1.10 bits per heavy atom. The number of anilines is 1. The second-order valence-electron chi connectivity index (χ2n) is 10.4. The first kappa shape index (κ1) is 29.3. The lowest BCUT2D eigenvalue weighted by Gasteiger charge is -2.26. The molecule has 2 aliphatic rings. The van der Waals surface area contributed by atoms with Crippen LogP contribution < -0.4 is 15.4 Å². The van der Waals surface area contributed by atoms with Gasteiger partial charge >= 0.3 is 5.97 Å². The molecule has 9 heteroatoms. The molecular weight excluding hydrogens is 526 g/mol. The Hall–Kier alpha value is -3.72. The maximum absolute atomic E-state index is 13.8. The number of carbonyl (C=O) groups excluding carboxylic acids is 2. The molecule has 3 aromatic rings. The number of ether oxygens (including phenoxy) is 1. The lowest BCUT2D eigenvalue weighted by Crippen LogP contribution is -2.49. The highest BCUT2D eigenvalue weighted by Crippen LogP contribution is 2.27. The number of rotatable bonds is 7. The number of carboxylic acid groups (broad SMARTS) is 1. The molecule has 2 aromatic carbocycles. The van der Waals surface area contributed by atoms with E-state index < -0.39 is 35.7 Å². The number of aromatic nitrogens is 1. The summed E-state index contributed by atoms with van der Waals surface area (Å²) < 4.78 is 5.85. The van der Waals surface area contributed by atoms with Gasteiger partial charge in [-0.15, -0.1) is 11.3 Å². The summed E-state index contributed by atoms with van der Waals surface area (Å²) in [4.78, 5) is 43.7. The summed E-state index contributed by atoms with van der Waals surface area (Å²) in [5, 5.41) is 18.1. The summed E-state index contributed by atoms with van der Waals surface area (Å²) in [6, 6.07) is 14.8. The van der Waals surface area contributed by atoms with Crippen molar-refractivity contribution in [1.29, 1.82) is 0 Å². The van der Waals surface area contributed by atoms with Gasteiger partial charge in [0.1, 0.15) is 11.8 Å². The fraction of sp³-hybridized carbons (Fsp3) is 0.419. The Bertz CT molecular complexity index is 1240. The Balaban J connectivity index is 1.57. The normalized spacial score (nSPS) is 20.3. The molecular formula is C31H37N3O5S. The number of carboxylic acids is 1. The number of benzene rings is 2. The van der Waals surface area contributed by atoms with Crippen molar-refractivity contribution in [3.05, 3.63) is 76.8 Å². The van der Waals surface area contributed by atoms with E-state index in [9.17, 15) is 19.5 Å². The SMILES string of the molecule is Cc1ccc(CCCC2C(=O)N[C@H](C(=O)Nc3nccs3)Cc3ccc(cc3)OCCCCC[C@@H]2C(=O)O)cc1. The highest BCUT2D eigenvalue weighted by molar-refractivity contribution is 7.13. The fourth-order valence-corrected chi connectivity index (χ4v) is 5.58. The lowest BCUT2D eigenvalue weighted by atomic mass is 9.82. The topological polar surface area (TPSA) is 118 Å². The van der Waals surface area contributed by atoms with Crippen LogP contribution in [0, 0.1) is 18.8 Å². The minimum atomic E-state index is -0.980. The zero-order chi connectivity index (χ0) is 28.3. The van der Waals surface area contributed by atoms with Gasteiger partial charge in [0.05, 0.1) is 18.4 Å². The van der Waals surface area contributed by atoms with E-state index in [1.165, 1.54) is 16.9 Å². The van der Waals surface area contributed by atoms with Crippen LogP contribution in [0.3, 0.4) is 0 Å². The molecule has 3 heterocycles. The van der Waals surface area contributed by atoms with Gasteiger partial charge in [-0.25, -0.2) is 4.98 Å². The maximum atomic E-state index is 13.8. The summed E-state index contributed by atoms with van der Waals surface area (Å²) in [6.07, 6.45) is 6.33. The first-order valence-corrected chi connectivity index (χ1v) is 14.8. The zero-order valence-electron chi connectivity index (χ0n) is 22.8. The fourth-order valence-electron chi connectivity index (χ4n) is 5.05. The summed E-state index contributed by atoms with van der Waals surface area (Å²) in [7, 11) is 0. The largest absolute Gasteiger partial charge is 0.494 e. The smallest absolute Gasteiger partial charge is 0.307 e. The number of nitrogens with one attached hydrogen (secondary N) is 2. The number of amides is 2. The van der Waals surface area contributed by atoms with Gasteiger partial charge in [-0.3, -0.25) is 14.4 Å². The highest BCUT2D eigenvalue weighted by atomic mass is 32.1. The predicted molar refractivity (Wildman–Crippen MR) is 156 cm³/mol. The molecule has 0 saturated heterocycles. The third kappa shape index (κ3) is 8.64. The Morgan fingerprint density at radius 2 is 1.88 bits per heavy atom. The number of aliphatic carboxylic acids is 1. The summed E-state index contributed by atoms with van der Waals surface area (Å²) >= 11 is 1.29. The van der Waals surface area contributed by atoms with Crippen LogP contribution in [0.4, 0.5) is 5.13 Å². The van der Waals surface area contributed by atoms with Crippen molar-refractivity contribution in [2.75, 3.05) is 11.9 Å². The number of nitrogens with zero attached hydrogens (tertiary/aromatic N) is 1. The van der Waals surface area contributed by atoms with Gasteiger partial charge in [0.15, 0.2) is 5.13 Å². The van der Waals surface area contributed by atoms with E-state index in [0.717, 1.165) is 36.1 Å². The van der Waals surface area contributed by atoms with E-state index in [1.807, 2.05) is 31.2 Å². The number of hydrogen-bond donors (Lipinski definition) is 3. The molecule has 8 nitrogen and oxygen atoms in total. The quantitative estimate of drug-likeness (QED) is 0.354. The van der Waals surface area contributed by atoms with Gasteiger partial charge < -0.3 is 20.5 Å². The monoisotopic (exact) mass is 563 g/mol. The number of thiazole rings is 1. The van der Waals surface area contributed by atoms with Gasteiger partial charge in [0.25, 0.3) is 0 Å². The molecule has 40 heavy (non-hydrogen) atoms. The van der Waals surface area contributed by atoms with Crippen LogP contribution in [0.1, 0.15) is 55.2 Å². The molecule has 3 atom stereocenters. The predicted octanol–water partition coefficient (Wildman–Crippen LogP) is 5.41. The zero-order valence-corrected chi connectivity index (χ0v) is 23.6. The molecule has 0 fully saturated rings. The number of fused-ring (bicyclic) bond motifs is 13. The van der Waals surface area contributed by atoms with E-state index >= 15 is 0 Å². The van der Waals surface area contributed by atoms with Gasteiger partial charge in [-0.2, -0.15) is 0 Å². The van der Waals surface area contributed by atoms with E-state index in [-0.39, 0.29) is 6.42 Å². The van der Waals surface area contributed by atoms with Crippen LogP contribution in [-0.4, -0.2) is 40.5 Å². The Kier molecular flexibility index (Phi) is 10.7. The third-order valence-electron chi connectivity index (χ3n) is 7.33. The van der Waals surface area contributed by atoms with Crippen LogP contribution in [-0.2, 0) is 27.2 Å². The van der Waals surface area contributed by atoms with Gasteiger partial charge in [-0.1, -0.05) is 54.8 Å². The van der Waals surface area contributed by atoms with Crippen molar-refractivity contribution in [2.24, 2.45) is 11.8 Å². The molecule has 1 unspecified atom stereocenters.